The van der Waals surface area contributed by atoms with Crippen molar-refractivity contribution < 1.29 is 22.7 Å². The number of anilines is 1. The van der Waals surface area contributed by atoms with Crippen LogP contribution in [0.2, 0.25) is 5.02 Å². The molecule has 4 nitrogen and oxygen atoms in total. The molecule has 1 unspecified atom stereocenters. The van der Waals surface area contributed by atoms with Crippen LogP contribution in [0.3, 0.4) is 0 Å². The average Bonchev–Trinajstić information content (AvgIpc) is 2.72. The van der Waals surface area contributed by atoms with E-state index < -0.39 is 23.7 Å². The smallest absolute Gasteiger partial charge is 0.382 e. The molecule has 2 heterocycles. The molecule has 0 aliphatic carbocycles. The Morgan fingerprint density at radius 3 is 2.50 bits per heavy atom. The van der Waals surface area contributed by atoms with Crippen LogP contribution in [0.15, 0.2) is 47.6 Å². The second kappa shape index (κ2) is 9.64. The summed E-state index contributed by atoms with van der Waals surface area (Å²) in [5.41, 5.74) is 1.40. The summed E-state index contributed by atoms with van der Waals surface area (Å²) in [5, 5.41) is 11.4. The standard InChI is InChI=1S/C22H20ClF4N3OS/c1-4-30(32-15-5-6-17(24)16(10-15)22(25,26)27)18-9-14(23)11-29-20(18)21(31)19-12(2)7-8-28-13(19)3/h5-11,21,31H,4H2,1-3H3. The van der Waals surface area contributed by atoms with Gasteiger partial charge in [-0.2, -0.15) is 13.2 Å². The van der Waals surface area contributed by atoms with Crippen LogP contribution in [0.4, 0.5) is 23.2 Å². The molecule has 1 aromatic carbocycles. The van der Waals surface area contributed by atoms with Gasteiger partial charge in [-0.25, -0.2) is 4.39 Å². The maximum absolute atomic E-state index is 13.7. The van der Waals surface area contributed by atoms with Crippen LogP contribution in [0.1, 0.15) is 41.1 Å². The van der Waals surface area contributed by atoms with Gasteiger partial charge in [0.15, 0.2) is 0 Å². The summed E-state index contributed by atoms with van der Waals surface area (Å²) in [6.45, 7) is 5.74. The number of nitrogens with zero attached hydrogens (tertiary/aromatic N) is 3. The third-order valence-corrected chi connectivity index (χ3v) is 6.17. The SMILES string of the molecule is CCN(Sc1ccc(F)c(C(F)(F)F)c1)c1cc(Cl)cnc1C(O)c1c(C)ccnc1C. The average molecular weight is 486 g/mol. The third-order valence-electron chi connectivity index (χ3n) is 4.82. The van der Waals surface area contributed by atoms with Crippen molar-refractivity contribution in [2.45, 2.75) is 37.9 Å². The van der Waals surface area contributed by atoms with Gasteiger partial charge in [0.1, 0.15) is 11.9 Å². The van der Waals surface area contributed by atoms with E-state index in [0.29, 0.717) is 28.5 Å². The normalized spacial score (nSPS) is 12.7. The molecule has 2 aromatic heterocycles. The minimum atomic E-state index is -4.81. The molecule has 0 radical (unpaired) electrons. The molecule has 3 rings (SSSR count). The van der Waals surface area contributed by atoms with Crippen LogP contribution in [-0.2, 0) is 6.18 Å². The van der Waals surface area contributed by atoms with Gasteiger partial charge in [0, 0.05) is 35.1 Å². The van der Waals surface area contributed by atoms with Crippen molar-refractivity contribution in [3.05, 3.63) is 81.6 Å². The maximum atomic E-state index is 13.7. The molecule has 3 aromatic rings. The van der Waals surface area contributed by atoms with E-state index in [1.165, 1.54) is 12.3 Å². The molecule has 10 heteroatoms. The second-order valence-corrected chi connectivity index (χ2v) is 8.54. The first-order valence-electron chi connectivity index (χ1n) is 9.60. The van der Waals surface area contributed by atoms with Crippen LogP contribution in [0.5, 0.6) is 0 Å². The fraction of sp³-hybridized carbons (Fsp3) is 0.273. The van der Waals surface area contributed by atoms with E-state index >= 15 is 0 Å². The number of hydrogen-bond donors (Lipinski definition) is 1. The first-order chi connectivity index (χ1) is 15.0. The van der Waals surface area contributed by atoms with E-state index in [1.54, 1.807) is 36.5 Å². The zero-order valence-corrected chi connectivity index (χ0v) is 19.0. The number of hydrogen-bond acceptors (Lipinski definition) is 5. The van der Waals surface area contributed by atoms with Gasteiger partial charge in [-0.3, -0.25) is 9.97 Å². The van der Waals surface area contributed by atoms with Crippen molar-refractivity contribution in [3.63, 3.8) is 0 Å². The van der Waals surface area contributed by atoms with Gasteiger partial charge in [-0.15, -0.1) is 0 Å². The van der Waals surface area contributed by atoms with E-state index in [0.717, 1.165) is 29.6 Å². The fourth-order valence-corrected chi connectivity index (χ4v) is 4.37. The zero-order valence-electron chi connectivity index (χ0n) is 17.4. The van der Waals surface area contributed by atoms with E-state index in [9.17, 15) is 22.7 Å². The molecule has 0 aliphatic rings. The molecule has 0 bridgehead atoms. The third kappa shape index (κ3) is 5.16. The fourth-order valence-electron chi connectivity index (χ4n) is 3.30. The van der Waals surface area contributed by atoms with Gasteiger partial charge in [-0.1, -0.05) is 11.6 Å². The molecule has 32 heavy (non-hydrogen) atoms. The topological polar surface area (TPSA) is 49.2 Å². The lowest BCUT2D eigenvalue weighted by atomic mass is 9.99. The van der Waals surface area contributed by atoms with Gasteiger partial charge in [0.2, 0.25) is 0 Å². The highest BCUT2D eigenvalue weighted by atomic mass is 35.5. The molecule has 0 spiro atoms. The predicted molar refractivity (Wildman–Crippen MR) is 117 cm³/mol. The molecular weight excluding hydrogens is 466 g/mol. The molecule has 0 fully saturated rings. The number of benzene rings is 1. The summed E-state index contributed by atoms with van der Waals surface area (Å²) in [7, 11) is 0. The summed E-state index contributed by atoms with van der Waals surface area (Å²) in [6.07, 6.45) is -2.92. The Bertz CT molecular complexity index is 1110. The van der Waals surface area contributed by atoms with Crippen molar-refractivity contribution in [3.8, 4) is 0 Å². The molecule has 1 N–H and O–H groups in total. The van der Waals surface area contributed by atoms with E-state index in [2.05, 4.69) is 9.97 Å². The Morgan fingerprint density at radius 2 is 1.88 bits per heavy atom. The highest BCUT2D eigenvalue weighted by Gasteiger charge is 2.34. The second-order valence-electron chi connectivity index (χ2n) is 7.01. The quantitative estimate of drug-likeness (QED) is 0.318. The molecule has 0 saturated carbocycles. The number of aliphatic hydroxyl groups is 1. The van der Waals surface area contributed by atoms with E-state index in [1.807, 2.05) is 6.92 Å². The maximum Gasteiger partial charge on any atom is 0.419 e. The van der Waals surface area contributed by atoms with Crippen molar-refractivity contribution in [1.29, 1.82) is 0 Å². The number of aromatic nitrogens is 2. The Kier molecular flexibility index (Phi) is 7.32. The molecule has 170 valence electrons. The molecule has 1 atom stereocenters. The monoisotopic (exact) mass is 485 g/mol. The number of pyridine rings is 2. The van der Waals surface area contributed by atoms with Gasteiger partial charge >= 0.3 is 6.18 Å². The van der Waals surface area contributed by atoms with Crippen LogP contribution in [0, 0.1) is 19.7 Å². The van der Waals surface area contributed by atoms with Crippen molar-refractivity contribution in [2.24, 2.45) is 0 Å². The van der Waals surface area contributed by atoms with Crippen molar-refractivity contribution in [1.82, 2.24) is 9.97 Å². The highest BCUT2D eigenvalue weighted by molar-refractivity contribution is 8.00. The minimum Gasteiger partial charge on any atom is -0.382 e. The minimum absolute atomic E-state index is 0.176. The number of rotatable bonds is 6. The van der Waals surface area contributed by atoms with E-state index in [4.69, 9.17) is 11.6 Å². The molecule has 0 amide bonds. The van der Waals surface area contributed by atoms with Gasteiger partial charge in [0.25, 0.3) is 0 Å². The Morgan fingerprint density at radius 1 is 1.16 bits per heavy atom. The lowest BCUT2D eigenvalue weighted by molar-refractivity contribution is -0.140. The summed E-state index contributed by atoms with van der Waals surface area (Å²) in [4.78, 5) is 8.72. The van der Waals surface area contributed by atoms with Crippen LogP contribution >= 0.6 is 23.5 Å². The molecular formula is C22H20ClF4N3OS. The first kappa shape index (κ1) is 24.3. The van der Waals surface area contributed by atoms with Gasteiger partial charge < -0.3 is 9.41 Å². The summed E-state index contributed by atoms with van der Waals surface area (Å²) in [6, 6.07) is 6.16. The number of alkyl halides is 3. The number of aryl methyl sites for hydroxylation is 2. The largest absolute Gasteiger partial charge is 0.419 e. The van der Waals surface area contributed by atoms with Crippen molar-refractivity contribution >= 4 is 29.2 Å². The van der Waals surface area contributed by atoms with Crippen LogP contribution < -0.4 is 4.31 Å². The summed E-state index contributed by atoms with van der Waals surface area (Å²) in [5.74, 6) is -1.34. The van der Waals surface area contributed by atoms with Crippen molar-refractivity contribution in [2.75, 3.05) is 10.8 Å². The summed E-state index contributed by atoms with van der Waals surface area (Å²) < 4.78 is 54.7. The van der Waals surface area contributed by atoms with Crippen LogP contribution in [0.25, 0.3) is 0 Å². The Hall–Kier alpha value is -2.36. The zero-order chi connectivity index (χ0) is 23.6. The first-order valence-corrected chi connectivity index (χ1v) is 10.8. The Labute approximate surface area is 192 Å². The van der Waals surface area contributed by atoms with Gasteiger partial charge in [-0.05, 0) is 68.6 Å². The molecule has 0 saturated heterocycles. The van der Waals surface area contributed by atoms with Crippen LogP contribution in [-0.4, -0.2) is 21.6 Å². The number of halogens is 5. The lowest BCUT2D eigenvalue weighted by Gasteiger charge is -2.26. The van der Waals surface area contributed by atoms with Gasteiger partial charge in [0.05, 0.1) is 22.0 Å². The highest BCUT2D eigenvalue weighted by Crippen LogP contribution is 2.39. The Balaban J connectivity index is 2.04. The lowest BCUT2D eigenvalue weighted by Crippen LogP contribution is -2.19. The van der Waals surface area contributed by atoms with E-state index in [-0.39, 0.29) is 10.6 Å². The number of aliphatic hydroxyl groups excluding tert-OH is 1. The summed E-state index contributed by atoms with van der Waals surface area (Å²) >= 11 is 7.12. The predicted octanol–water partition coefficient (Wildman–Crippen LogP) is 6.52. The molecule has 0 aliphatic heterocycles.